The van der Waals surface area contributed by atoms with Crippen molar-refractivity contribution in [2.75, 3.05) is 0 Å². The van der Waals surface area contributed by atoms with E-state index in [1.54, 1.807) is 13.1 Å². The van der Waals surface area contributed by atoms with E-state index in [1.807, 2.05) is 18.2 Å². The average molecular weight is 214 g/mol. The van der Waals surface area contributed by atoms with E-state index in [2.05, 4.69) is 23.0 Å². The van der Waals surface area contributed by atoms with E-state index in [0.29, 0.717) is 6.42 Å². The van der Waals surface area contributed by atoms with Gasteiger partial charge in [0, 0.05) is 5.56 Å². The molecule has 0 radical (unpaired) electrons. The van der Waals surface area contributed by atoms with Gasteiger partial charge in [-0.15, -0.1) is 0 Å². The lowest BCUT2D eigenvalue weighted by Gasteiger charge is -2.01. The molecule has 1 N–H and O–H groups in total. The summed E-state index contributed by atoms with van der Waals surface area (Å²) in [7, 11) is 0. The Morgan fingerprint density at radius 1 is 1.38 bits per heavy atom. The lowest BCUT2D eigenvalue weighted by Crippen LogP contribution is -1.97. The topological polar surface area (TPSA) is 45.8 Å². The van der Waals surface area contributed by atoms with Crippen LogP contribution in [0.5, 0.6) is 0 Å². The van der Waals surface area contributed by atoms with Gasteiger partial charge in [-0.25, -0.2) is 4.98 Å². The van der Waals surface area contributed by atoms with Crippen LogP contribution in [-0.2, 0) is 11.2 Å². The van der Waals surface area contributed by atoms with Crippen LogP contribution in [0.3, 0.4) is 0 Å². The summed E-state index contributed by atoms with van der Waals surface area (Å²) in [6, 6.07) is 8.10. The maximum Gasteiger partial charge on any atom is 0.137 e. The first-order chi connectivity index (χ1) is 7.66. The average Bonchev–Trinajstić information content (AvgIpc) is 2.66. The fraction of sp³-hybridized carbons (Fsp3) is 0.231. The summed E-state index contributed by atoms with van der Waals surface area (Å²) in [6.07, 6.45) is 2.15. The first kappa shape index (κ1) is 10.6. The number of hydrogen-bond acceptors (Lipinski definition) is 2. The van der Waals surface area contributed by atoms with Crippen LogP contribution in [0.4, 0.5) is 0 Å². The molecule has 0 atom stereocenters. The predicted octanol–water partition coefficient (Wildman–Crippen LogP) is 2.52. The first-order valence-corrected chi connectivity index (χ1v) is 5.26. The van der Waals surface area contributed by atoms with Crippen LogP contribution in [-0.4, -0.2) is 15.8 Å². The zero-order chi connectivity index (χ0) is 11.5. The second-order valence-corrected chi connectivity index (χ2v) is 3.94. The van der Waals surface area contributed by atoms with Crippen LogP contribution >= 0.6 is 0 Å². The van der Waals surface area contributed by atoms with Crippen molar-refractivity contribution in [3.8, 4) is 11.3 Å². The van der Waals surface area contributed by atoms with Crippen LogP contribution in [0.15, 0.2) is 30.5 Å². The van der Waals surface area contributed by atoms with Gasteiger partial charge in [-0.2, -0.15) is 0 Å². The number of carbonyl (C=O) groups is 1. The summed E-state index contributed by atoms with van der Waals surface area (Å²) in [5, 5.41) is 0. The molecule has 0 spiro atoms. The number of nitrogens with one attached hydrogen (secondary N) is 1. The van der Waals surface area contributed by atoms with E-state index >= 15 is 0 Å². The molecule has 0 amide bonds. The molecule has 0 aliphatic carbocycles. The van der Waals surface area contributed by atoms with Gasteiger partial charge in [0.25, 0.3) is 0 Å². The number of aromatic amines is 1. The molecule has 16 heavy (non-hydrogen) atoms. The van der Waals surface area contributed by atoms with E-state index in [0.717, 1.165) is 17.1 Å². The summed E-state index contributed by atoms with van der Waals surface area (Å²) >= 11 is 0. The van der Waals surface area contributed by atoms with Gasteiger partial charge in [-0.05, 0) is 19.4 Å². The van der Waals surface area contributed by atoms with Crippen molar-refractivity contribution in [3.63, 3.8) is 0 Å². The number of hydrogen-bond donors (Lipinski definition) is 1. The number of aryl methyl sites for hydroxylation is 1. The zero-order valence-electron chi connectivity index (χ0n) is 9.45. The lowest BCUT2D eigenvalue weighted by atomic mass is 10.1. The third-order valence-electron chi connectivity index (χ3n) is 2.48. The molecule has 0 bridgehead atoms. The zero-order valence-corrected chi connectivity index (χ0v) is 9.45. The normalized spacial score (nSPS) is 10.4. The molecule has 0 aliphatic rings. The summed E-state index contributed by atoms with van der Waals surface area (Å²) in [4.78, 5) is 18.3. The molecule has 0 saturated carbocycles. The molecule has 3 heteroatoms. The molecule has 0 saturated heterocycles. The lowest BCUT2D eigenvalue weighted by molar-refractivity contribution is -0.116. The molecule has 0 fully saturated rings. The quantitative estimate of drug-likeness (QED) is 0.853. The van der Waals surface area contributed by atoms with Gasteiger partial charge >= 0.3 is 0 Å². The van der Waals surface area contributed by atoms with Gasteiger partial charge in [0.2, 0.25) is 0 Å². The van der Waals surface area contributed by atoms with Crippen molar-refractivity contribution < 1.29 is 4.79 Å². The van der Waals surface area contributed by atoms with Crippen LogP contribution in [0, 0.1) is 6.92 Å². The molecule has 0 aliphatic heterocycles. The smallest absolute Gasteiger partial charge is 0.137 e. The van der Waals surface area contributed by atoms with Crippen molar-refractivity contribution in [2.24, 2.45) is 0 Å². The predicted molar refractivity (Wildman–Crippen MR) is 63.1 cm³/mol. The molecular formula is C13H14N2O. The summed E-state index contributed by atoms with van der Waals surface area (Å²) in [6.45, 7) is 3.62. The number of imidazole rings is 1. The third kappa shape index (κ3) is 2.19. The fourth-order valence-electron chi connectivity index (χ4n) is 1.70. The van der Waals surface area contributed by atoms with Crippen molar-refractivity contribution in [1.82, 2.24) is 9.97 Å². The molecule has 82 valence electrons. The number of rotatable bonds is 3. The van der Waals surface area contributed by atoms with Crippen molar-refractivity contribution in [2.45, 2.75) is 20.3 Å². The van der Waals surface area contributed by atoms with Crippen LogP contribution < -0.4 is 0 Å². The standard InChI is InChI=1S/C13H14N2O/c1-9-5-3-4-6-11(9)12-8-14-13(15-12)7-10(2)16/h3-6,8H,7H2,1-2H3,(H,14,15). The number of carbonyl (C=O) groups excluding carboxylic acids is 1. The molecule has 2 aromatic rings. The highest BCUT2D eigenvalue weighted by Gasteiger charge is 2.06. The summed E-state index contributed by atoms with van der Waals surface area (Å²) in [5.74, 6) is 0.844. The summed E-state index contributed by atoms with van der Waals surface area (Å²) < 4.78 is 0. The molecule has 2 rings (SSSR count). The van der Waals surface area contributed by atoms with Crippen molar-refractivity contribution in [1.29, 1.82) is 0 Å². The van der Waals surface area contributed by atoms with Crippen molar-refractivity contribution in [3.05, 3.63) is 41.9 Å². The minimum absolute atomic E-state index is 0.116. The number of nitrogens with zero attached hydrogens (tertiary/aromatic N) is 1. The monoisotopic (exact) mass is 214 g/mol. The number of benzene rings is 1. The first-order valence-electron chi connectivity index (χ1n) is 5.26. The highest BCUT2D eigenvalue weighted by atomic mass is 16.1. The Morgan fingerprint density at radius 3 is 2.81 bits per heavy atom. The Balaban J connectivity index is 2.32. The van der Waals surface area contributed by atoms with E-state index in [4.69, 9.17) is 0 Å². The van der Waals surface area contributed by atoms with E-state index in [9.17, 15) is 4.79 Å². The maximum absolute atomic E-state index is 11.0. The minimum Gasteiger partial charge on any atom is -0.342 e. The Labute approximate surface area is 94.5 Å². The van der Waals surface area contributed by atoms with Gasteiger partial charge in [0.15, 0.2) is 0 Å². The number of Topliss-reactive ketones (excluding diaryl/α,β-unsaturated/α-hetero) is 1. The number of H-pyrrole nitrogens is 1. The van der Waals surface area contributed by atoms with Crippen LogP contribution in [0.25, 0.3) is 11.3 Å². The second kappa shape index (κ2) is 4.31. The Kier molecular flexibility index (Phi) is 2.86. The van der Waals surface area contributed by atoms with Crippen LogP contribution in [0.1, 0.15) is 18.3 Å². The number of aromatic nitrogens is 2. The molecule has 0 unspecified atom stereocenters. The minimum atomic E-state index is 0.116. The Bertz CT molecular complexity index is 514. The molecule has 3 nitrogen and oxygen atoms in total. The van der Waals surface area contributed by atoms with E-state index in [1.165, 1.54) is 5.56 Å². The molecule has 1 aromatic heterocycles. The van der Waals surface area contributed by atoms with Gasteiger partial charge in [-0.1, -0.05) is 24.3 Å². The fourth-order valence-corrected chi connectivity index (χ4v) is 1.70. The van der Waals surface area contributed by atoms with Gasteiger partial charge in [-0.3, -0.25) is 4.79 Å². The largest absolute Gasteiger partial charge is 0.342 e. The Morgan fingerprint density at radius 2 is 2.12 bits per heavy atom. The Hall–Kier alpha value is -1.90. The molecule has 1 aromatic carbocycles. The maximum atomic E-state index is 11.0. The molecule has 1 heterocycles. The van der Waals surface area contributed by atoms with E-state index in [-0.39, 0.29) is 5.78 Å². The highest BCUT2D eigenvalue weighted by molar-refractivity contribution is 5.77. The number of ketones is 1. The van der Waals surface area contributed by atoms with Gasteiger partial charge in [0.1, 0.15) is 11.6 Å². The third-order valence-corrected chi connectivity index (χ3v) is 2.48. The van der Waals surface area contributed by atoms with E-state index < -0.39 is 0 Å². The van der Waals surface area contributed by atoms with Gasteiger partial charge < -0.3 is 4.98 Å². The van der Waals surface area contributed by atoms with Crippen LogP contribution in [0.2, 0.25) is 0 Å². The molecular weight excluding hydrogens is 200 g/mol. The highest BCUT2D eigenvalue weighted by Crippen LogP contribution is 2.20. The van der Waals surface area contributed by atoms with Gasteiger partial charge in [0.05, 0.1) is 18.3 Å². The summed E-state index contributed by atoms with van der Waals surface area (Å²) in [5.41, 5.74) is 3.29. The van der Waals surface area contributed by atoms with Crippen molar-refractivity contribution >= 4 is 5.78 Å². The SMILES string of the molecule is CC(=O)Cc1ncc(-c2ccccc2C)[nH]1. The second-order valence-electron chi connectivity index (χ2n) is 3.94.